The summed E-state index contributed by atoms with van der Waals surface area (Å²) in [6.45, 7) is 0.244. The predicted molar refractivity (Wildman–Crippen MR) is 147 cm³/mol. The molecule has 5 rings (SSSR count). The van der Waals surface area contributed by atoms with Crippen LogP contribution in [-0.4, -0.2) is 26.3 Å². The molecule has 0 aliphatic rings. The first-order valence-corrected chi connectivity index (χ1v) is 13.1. The SMILES string of the molecule is O=C(CSc1nnc(COc2ccc(-c3ccccc3)cc2)n1-c1ccccc1)c1ccc(Br)cc1. The third-order valence-electron chi connectivity index (χ3n) is 5.54. The monoisotopic (exact) mass is 555 g/mol. The molecule has 5 nitrogen and oxygen atoms in total. The zero-order valence-electron chi connectivity index (χ0n) is 19.3. The highest BCUT2D eigenvalue weighted by molar-refractivity contribution is 9.10. The Morgan fingerprint density at radius 3 is 2.11 bits per heavy atom. The van der Waals surface area contributed by atoms with Crippen LogP contribution in [0.3, 0.4) is 0 Å². The number of hydrogen-bond acceptors (Lipinski definition) is 5. The van der Waals surface area contributed by atoms with Crippen LogP contribution in [0.5, 0.6) is 5.75 Å². The number of ether oxygens (including phenoxy) is 1. The first-order valence-electron chi connectivity index (χ1n) is 11.4. The average Bonchev–Trinajstić information content (AvgIpc) is 3.35. The molecule has 1 aromatic heterocycles. The summed E-state index contributed by atoms with van der Waals surface area (Å²) in [5.74, 6) is 1.70. The quantitative estimate of drug-likeness (QED) is 0.141. The number of carbonyl (C=O) groups excluding carboxylic acids is 1. The molecule has 0 radical (unpaired) electrons. The Labute approximate surface area is 222 Å². The van der Waals surface area contributed by atoms with E-state index >= 15 is 0 Å². The number of hydrogen-bond donors (Lipinski definition) is 0. The van der Waals surface area contributed by atoms with E-state index in [0.717, 1.165) is 27.0 Å². The van der Waals surface area contributed by atoms with Crippen LogP contribution < -0.4 is 4.74 Å². The van der Waals surface area contributed by atoms with Gasteiger partial charge in [0.2, 0.25) is 0 Å². The molecule has 7 heteroatoms. The average molecular weight is 556 g/mol. The Bertz CT molecular complexity index is 1440. The topological polar surface area (TPSA) is 57.0 Å². The van der Waals surface area contributed by atoms with Gasteiger partial charge >= 0.3 is 0 Å². The van der Waals surface area contributed by atoms with Crippen LogP contribution in [0.15, 0.2) is 119 Å². The van der Waals surface area contributed by atoms with Gasteiger partial charge in [0, 0.05) is 15.7 Å². The molecule has 0 spiro atoms. The Hall–Kier alpha value is -3.68. The van der Waals surface area contributed by atoms with Crippen molar-refractivity contribution < 1.29 is 9.53 Å². The standard InChI is InChI=1S/C29H22BrN3O2S/c30-24-15-11-23(12-16-24)27(34)20-36-29-32-31-28(33(29)25-9-5-2-6-10-25)19-35-26-17-13-22(14-18-26)21-7-3-1-4-8-21/h1-18H,19-20H2. The van der Waals surface area contributed by atoms with Gasteiger partial charge in [-0.25, -0.2) is 0 Å². The molecule has 0 N–H and O–H groups in total. The summed E-state index contributed by atoms with van der Waals surface area (Å²) in [5, 5.41) is 9.40. The van der Waals surface area contributed by atoms with Crippen molar-refractivity contribution in [2.24, 2.45) is 0 Å². The van der Waals surface area contributed by atoms with Crippen LogP contribution in [0.2, 0.25) is 0 Å². The highest BCUT2D eigenvalue weighted by atomic mass is 79.9. The van der Waals surface area contributed by atoms with Crippen LogP contribution in [0, 0.1) is 0 Å². The second kappa shape index (κ2) is 11.4. The largest absolute Gasteiger partial charge is 0.486 e. The Morgan fingerprint density at radius 2 is 1.42 bits per heavy atom. The van der Waals surface area contributed by atoms with Gasteiger partial charge in [0.25, 0.3) is 0 Å². The molecule has 0 saturated carbocycles. The lowest BCUT2D eigenvalue weighted by Gasteiger charge is -2.11. The second-order valence-electron chi connectivity index (χ2n) is 7.97. The van der Waals surface area contributed by atoms with Crippen molar-refractivity contribution in [3.05, 3.63) is 125 Å². The molecule has 0 amide bonds. The van der Waals surface area contributed by atoms with E-state index in [1.807, 2.05) is 102 Å². The van der Waals surface area contributed by atoms with Gasteiger partial charge in [-0.1, -0.05) is 100 Å². The molecule has 4 aromatic carbocycles. The zero-order chi connectivity index (χ0) is 24.7. The minimum absolute atomic E-state index is 0.0337. The maximum absolute atomic E-state index is 12.7. The van der Waals surface area contributed by atoms with Gasteiger partial charge in [-0.05, 0) is 47.5 Å². The van der Waals surface area contributed by atoms with E-state index in [1.165, 1.54) is 11.8 Å². The molecule has 0 aliphatic heterocycles. The minimum atomic E-state index is 0.0337. The fourth-order valence-electron chi connectivity index (χ4n) is 3.70. The number of para-hydroxylation sites is 1. The molecule has 0 fully saturated rings. The third-order valence-corrected chi connectivity index (χ3v) is 7.00. The van der Waals surface area contributed by atoms with E-state index in [0.29, 0.717) is 16.5 Å². The highest BCUT2D eigenvalue weighted by Crippen LogP contribution is 2.26. The molecular weight excluding hydrogens is 534 g/mol. The Morgan fingerprint density at radius 1 is 0.778 bits per heavy atom. The molecule has 0 atom stereocenters. The molecule has 36 heavy (non-hydrogen) atoms. The minimum Gasteiger partial charge on any atom is -0.486 e. The predicted octanol–water partition coefficient (Wildman–Crippen LogP) is 7.25. The van der Waals surface area contributed by atoms with Crippen LogP contribution in [0.1, 0.15) is 16.2 Å². The van der Waals surface area contributed by atoms with Gasteiger partial charge in [0.05, 0.1) is 5.75 Å². The summed E-state index contributed by atoms with van der Waals surface area (Å²) < 4.78 is 8.94. The van der Waals surface area contributed by atoms with Crippen molar-refractivity contribution in [1.82, 2.24) is 14.8 Å². The van der Waals surface area contributed by atoms with E-state index < -0.39 is 0 Å². The maximum atomic E-state index is 12.7. The summed E-state index contributed by atoms with van der Waals surface area (Å²) in [6, 6.07) is 35.5. The molecule has 1 heterocycles. The number of Topliss-reactive ketones (excluding diaryl/α,β-unsaturated/α-hetero) is 1. The Kier molecular flexibility index (Phi) is 7.59. The lowest BCUT2D eigenvalue weighted by atomic mass is 10.1. The third kappa shape index (κ3) is 5.75. The first-order chi connectivity index (χ1) is 17.7. The summed E-state index contributed by atoms with van der Waals surface area (Å²) in [5.41, 5.74) is 3.87. The fourth-order valence-corrected chi connectivity index (χ4v) is 4.82. The van der Waals surface area contributed by atoms with Crippen molar-refractivity contribution in [2.45, 2.75) is 11.8 Å². The molecule has 5 aromatic rings. The number of carbonyl (C=O) groups is 1. The van der Waals surface area contributed by atoms with Gasteiger partial charge in [-0.3, -0.25) is 9.36 Å². The van der Waals surface area contributed by atoms with Gasteiger partial charge in [-0.15, -0.1) is 10.2 Å². The molecule has 178 valence electrons. The van der Waals surface area contributed by atoms with Crippen molar-refractivity contribution in [2.75, 3.05) is 5.75 Å². The summed E-state index contributed by atoms with van der Waals surface area (Å²) in [4.78, 5) is 12.7. The van der Waals surface area contributed by atoms with Crippen LogP contribution >= 0.6 is 27.7 Å². The lowest BCUT2D eigenvalue weighted by molar-refractivity contribution is 0.102. The number of benzene rings is 4. The van der Waals surface area contributed by atoms with Crippen molar-refractivity contribution in [3.8, 4) is 22.6 Å². The highest BCUT2D eigenvalue weighted by Gasteiger charge is 2.17. The smallest absolute Gasteiger partial charge is 0.196 e. The number of ketones is 1. The Balaban J connectivity index is 1.32. The van der Waals surface area contributed by atoms with Crippen molar-refractivity contribution in [3.63, 3.8) is 0 Å². The van der Waals surface area contributed by atoms with Crippen LogP contribution in [0.25, 0.3) is 16.8 Å². The van der Waals surface area contributed by atoms with Crippen molar-refractivity contribution >= 4 is 33.5 Å². The van der Waals surface area contributed by atoms with Gasteiger partial charge < -0.3 is 4.74 Å². The lowest BCUT2D eigenvalue weighted by Crippen LogP contribution is -2.08. The van der Waals surface area contributed by atoms with E-state index in [-0.39, 0.29) is 18.1 Å². The number of halogens is 1. The summed E-state index contributed by atoms with van der Waals surface area (Å²) in [7, 11) is 0. The molecule has 0 saturated heterocycles. The second-order valence-corrected chi connectivity index (χ2v) is 9.83. The van der Waals surface area contributed by atoms with Gasteiger partial charge in [-0.2, -0.15) is 0 Å². The van der Waals surface area contributed by atoms with Crippen LogP contribution in [-0.2, 0) is 6.61 Å². The molecule has 0 bridgehead atoms. The van der Waals surface area contributed by atoms with E-state index in [2.05, 4.69) is 38.3 Å². The van der Waals surface area contributed by atoms with Crippen LogP contribution in [0.4, 0.5) is 0 Å². The summed E-state index contributed by atoms with van der Waals surface area (Å²) in [6.07, 6.45) is 0. The van der Waals surface area contributed by atoms with E-state index in [4.69, 9.17) is 4.74 Å². The van der Waals surface area contributed by atoms with E-state index in [1.54, 1.807) is 0 Å². The molecule has 0 aliphatic carbocycles. The zero-order valence-corrected chi connectivity index (χ0v) is 21.7. The first kappa shape index (κ1) is 24.0. The number of rotatable bonds is 9. The van der Waals surface area contributed by atoms with Gasteiger partial charge in [0.15, 0.2) is 16.8 Å². The normalized spacial score (nSPS) is 10.8. The number of nitrogens with zero attached hydrogens (tertiary/aromatic N) is 3. The van der Waals surface area contributed by atoms with Gasteiger partial charge in [0.1, 0.15) is 12.4 Å². The molecule has 0 unspecified atom stereocenters. The van der Waals surface area contributed by atoms with Crippen molar-refractivity contribution in [1.29, 1.82) is 0 Å². The summed E-state index contributed by atoms with van der Waals surface area (Å²) >= 11 is 4.77. The van der Waals surface area contributed by atoms with E-state index in [9.17, 15) is 4.79 Å². The molecular formula is C29H22BrN3O2S. The maximum Gasteiger partial charge on any atom is 0.196 e. The fraction of sp³-hybridized carbons (Fsp3) is 0.0690. The number of thioether (sulfide) groups is 1. The number of aromatic nitrogens is 3.